The molecule has 0 aliphatic heterocycles. The first-order chi connectivity index (χ1) is 16.9. The lowest BCUT2D eigenvalue weighted by atomic mass is 10.2. The molecule has 2 heterocycles. The van der Waals surface area contributed by atoms with Gasteiger partial charge in [-0.25, -0.2) is 15.0 Å². The van der Waals surface area contributed by atoms with E-state index in [1.165, 1.54) is 21.3 Å². The minimum absolute atomic E-state index is 0.150. The number of nitrogens with zero attached hydrogens (tertiary/aromatic N) is 6. The zero-order valence-corrected chi connectivity index (χ0v) is 23.6. The molecule has 16 heteroatoms. The molecule has 1 aromatic carbocycles. The Hall–Kier alpha value is -2.08. The van der Waals surface area contributed by atoms with Crippen LogP contribution in [0, 0.1) is 0 Å². The molecule has 0 saturated carbocycles. The van der Waals surface area contributed by atoms with Crippen LogP contribution in [0.2, 0.25) is 0 Å². The number of hydrogen-bond acceptors (Lipinski definition) is 10. The number of hydrogen-bond donors (Lipinski definition) is 0. The normalized spacial score (nSPS) is 11.5. The fourth-order valence-corrected chi connectivity index (χ4v) is 2.83. The first-order valence-electron chi connectivity index (χ1n) is 9.50. The van der Waals surface area contributed by atoms with Gasteiger partial charge in [0.05, 0.1) is 34.5 Å². The van der Waals surface area contributed by atoms with Gasteiger partial charge in [0.2, 0.25) is 19.3 Å². The van der Waals surface area contributed by atoms with Crippen molar-refractivity contribution in [3.8, 4) is 23.3 Å². The molecule has 0 aliphatic rings. The molecule has 0 unspecified atom stereocenters. The Morgan fingerprint density at radius 2 is 1.17 bits per heavy atom. The summed E-state index contributed by atoms with van der Waals surface area (Å²) in [6.45, 7) is 0. The van der Waals surface area contributed by atoms with Crippen LogP contribution in [0.25, 0.3) is 12.2 Å². The summed E-state index contributed by atoms with van der Waals surface area (Å²) < 4.78 is 16.2. The van der Waals surface area contributed by atoms with E-state index in [-0.39, 0.29) is 17.5 Å². The third-order valence-electron chi connectivity index (χ3n) is 3.94. The molecule has 10 nitrogen and oxygen atoms in total. The van der Waals surface area contributed by atoms with E-state index in [9.17, 15) is 0 Å². The molecule has 0 atom stereocenters. The summed E-state index contributed by atoms with van der Waals surface area (Å²) in [5.41, 5.74) is 0.786. The molecule has 0 radical (unpaired) electrons. The highest BCUT2D eigenvalue weighted by Gasteiger charge is 2.33. The maximum atomic E-state index is 5.84. The third-order valence-corrected chi connectivity index (χ3v) is 4.96. The predicted molar refractivity (Wildman–Crippen MR) is 140 cm³/mol. The highest BCUT2D eigenvalue weighted by molar-refractivity contribution is 6.67. The van der Waals surface area contributed by atoms with Crippen molar-refractivity contribution in [2.24, 2.45) is 0 Å². The number of aromatic nitrogens is 6. The van der Waals surface area contributed by atoms with Gasteiger partial charge >= 0.3 is 0 Å². The molecule has 2 aromatic heterocycles. The largest absolute Gasteiger partial charge is 0.493 e. The van der Waals surface area contributed by atoms with E-state index in [4.69, 9.17) is 88.6 Å². The highest BCUT2D eigenvalue weighted by Crippen LogP contribution is 2.40. The Bertz CT molecular complexity index is 1140. The molecule has 0 spiro atoms. The average Bonchev–Trinajstić information content (AvgIpc) is 2.86. The van der Waals surface area contributed by atoms with Crippen molar-refractivity contribution in [1.29, 1.82) is 0 Å². The molecule has 194 valence electrons. The van der Waals surface area contributed by atoms with Crippen molar-refractivity contribution in [2.75, 3.05) is 28.4 Å². The van der Waals surface area contributed by atoms with Gasteiger partial charge in [-0.15, -0.1) is 0 Å². The number of alkyl halides is 6. The number of halogens is 6. The SMILES string of the molecule is COc1cc(OC)nnn1.COc1ccc(C=Cc2nc(C(Cl)(Cl)Cl)nc(C(Cl)(Cl)Cl)n2)cc1OC. The maximum absolute atomic E-state index is 5.84. The lowest BCUT2D eigenvalue weighted by Crippen LogP contribution is -2.16. The predicted octanol–water partition coefficient (Wildman–Crippen LogP) is 5.60. The average molecular weight is 619 g/mol. The molecule has 0 fully saturated rings. The monoisotopic (exact) mass is 616 g/mol. The molecular formula is C20H18Cl6N6O4. The van der Waals surface area contributed by atoms with Gasteiger partial charge in [0.1, 0.15) is 0 Å². The Labute approximate surface area is 236 Å². The second-order valence-electron chi connectivity index (χ2n) is 6.30. The number of ether oxygens (including phenoxy) is 4. The van der Waals surface area contributed by atoms with Gasteiger partial charge in [-0.2, -0.15) is 0 Å². The van der Waals surface area contributed by atoms with Crippen molar-refractivity contribution in [1.82, 2.24) is 30.4 Å². The van der Waals surface area contributed by atoms with Crippen molar-refractivity contribution >= 4 is 81.8 Å². The fourth-order valence-electron chi connectivity index (χ4n) is 2.32. The lowest BCUT2D eigenvalue weighted by Gasteiger charge is -2.14. The van der Waals surface area contributed by atoms with E-state index in [1.54, 1.807) is 37.5 Å². The second-order valence-corrected chi connectivity index (χ2v) is 10.9. The maximum Gasteiger partial charge on any atom is 0.250 e. The molecule has 0 saturated heterocycles. The summed E-state index contributed by atoms with van der Waals surface area (Å²) in [6, 6.07) is 6.88. The smallest absolute Gasteiger partial charge is 0.250 e. The van der Waals surface area contributed by atoms with Crippen LogP contribution < -0.4 is 18.9 Å². The van der Waals surface area contributed by atoms with E-state index in [0.29, 0.717) is 23.3 Å². The van der Waals surface area contributed by atoms with Gasteiger partial charge in [-0.1, -0.05) is 91.9 Å². The molecular weight excluding hydrogens is 601 g/mol. The zero-order chi connectivity index (χ0) is 26.9. The first-order valence-corrected chi connectivity index (χ1v) is 11.8. The summed E-state index contributed by atoms with van der Waals surface area (Å²) in [7, 11) is 6.10. The highest BCUT2D eigenvalue weighted by atomic mass is 35.6. The topological polar surface area (TPSA) is 114 Å². The van der Waals surface area contributed by atoms with Crippen LogP contribution in [0.4, 0.5) is 0 Å². The van der Waals surface area contributed by atoms with Crippen LogP contribution in [0.5, 0.6) is 23.3 Å². The second kappa shape index (κ2) is 13.5. The van der Waals surface area contributed by atoms with Crippen molar-refractivity contribution in [2.45, 2.75) is 7.59 Å². The van der Waals surface area contributed by atoms with E-state index in [2.05, 4.69) is 30.4 Å². The fraction of sp³-hybridized carbons (Fsp3) is 0.300. The van der Waals surface area contributed by atoms with E-state index >= 15 is 0 Å². The van der Waals surface area contributed by atoms with Crippen LogP contribution in [-0.4, -0.2) is 58.8 Å². The van der Waals surface area contributed by atoms with Gasteiger partial charge < -0.3 is 18.9 Å². The van der Waals surface area contributed by atoms with Crippen LogP contribution in [-0.2, 0) is 7.59 Å². The van der Waals surface area contributed by atoms with Crippen LogP contribution in [0.15, 0.2) is 24.3 Å². The minimum Gasteiger partial charge on any atom is -0.493 e. The number of methoxy groups -OCH3 is 4. The lowest BCUT2D eigenvalue weighted by molar-refractivity contribution is 0.355. The van der Waals surface area contributed by atoms with Gasteiger partial charge in [0.15, 0.2) is 29.0 Å². The van der Waals surface area contributed by atoms with Crippen molar-refractivity contribution < 1.29 is 18.9 Å². The molecule has 0 amide bonds. The van der Waals surface area contributed by atoms with E-state index < -0.39 is 7.59 Å². The summed E-state index contributed by atoms with van der Waals surface area (Å²) in [5.74, 6) is 1.78. The number of benzene rings is 1. The van der Waals surface area contributed by atoms with Gasteiger partial charge in [-0.05, 0) is 29.0 Å². The third kappa shape index (κ3) is 9.10. The molecule has 36 heavy (non-hydrogen) atoms. The molecule has 0 bridgehead atoms. The van der Waals surface area contributed by atoms with Gasteiger partial charge in [0, 0.05) is 0 Å². The Balaban J connectivity index is 0.000000380. The van der Waals surface area contributed by atoms with Gasteiger partial charge in [0.25, 0.3) is 0 Å². The van der Waals surface area contributed by atoms with Crippen LogP contribution in [0.1, 0.15) is 23.0 Å². The minimum atomic E-state index is -1.90. The molecule has 3 aromatic rings. The van der Waals surface area contributed by atoms with Crippen LogP contribution in [0.3, 0.4) is 0 Å². The number of rotatable bonds is 6. The molecule has 0 aliphatic carbocycles. The zero-order valence-electron chi connectivity index (χ0n) is 19.0. The Morgan fingerprint density at radius 3 is 1.61 bits per heavy atom. The standard InChI is InChI=1S/C15H11Cl6N3O2.C5H7N3O2/c1-25-9-5-3-8(7-10(9)26-2)4-6-11-22-12(14(16,17)18)24-13(23-11)15(19,20)21;1-9-4-3-5(10-2)7-8-6-4/h3-7H,1-2H3;3H,1-2H3. The first kappa shape index (κ1) is 30.1. The van der Waals surface area contributed by atoms with Crippen LogP contribution >= 0.6 is 69.6 Å². The summed E-state index contributed by atoms with van der Waals surface area (Å²) in [6.07, 6.45) is 3.27. The summed E-state index contributed by atoms with van der Waals surface area (Å²) in [4.78, 5) is 12.0. The Kier molecular flexibility index (Phi) is 11.3. The van der Waals surface area contributed by atoms with E-state index in [1.807, 2.05) is 6.07 Å². The quantitative estimate of drug-likeness (QED) is 0.323. The molecule has 3 rings (SSSR count). The Morgan fingerprint density at radius 1 is 0.639 bits per heavy atom. The summed E-state index contributed by atoms with van der Waals surface area (Å²) in [5, 5.41) is 10.5. The summed E-state index contributed by atoms with van der Waals surface area (Å²) >= 11 is 35.0. The van der Waals surface area contributed by atoms with E-state index in [0.717, 1.165) is 5.56 Å². The van der Waals surface area contributed by atoms with Crippen molar-refractivity contribution in [3.05, 3.63) is 47.3 Å². The molecule has 0 N–H and O–H groups in total. The van der Waals surface area contributed by atoms with Gasteiger partial charge in [-0.3, -0.25) is 0 Å². The van der Waals surface area contributed by atoms with Crippen molar-refractivity contribution in [3.63, 3.8) is 0 Å².